The molecule has 28 heavy (non-hydrogen) atoms. The molecule has 1 fully saturated rings. The van der Waals surface area contributed by atoms with Gasteiger partial charge in [-0.05, 0) is 24.8 Å². The molecule has 158 valence electrons. The van der Waals surface area contributed by atoms with Crippen LogP contribution in [0.5, 0.6) is 0 Å². The summed E-state index contributed by atoms with van der Waals surface area (Å²) in [6.07, 6.45) is 2.99. The van der Waals surface area contributed by atoms with Crippen LogP contribution in [0.4, 0.5) is 0 Å². The molecule has 1 aliphatic rings. The Morgan fingerprint density at radius 2 is 2.00 bits per heavy atom. The molecule has 1 amide bonds. The average Bonchev–Trinajstić information content (AvgIpc) is 3.19. The Labute approximate surface area is 185 Å². The third-order valence-corrected chi connectivity index (χ3v) is 4.28. The lowest BCUT2D eigenvalue weighted by molar-refractivity contribution is -0.127. The summed E-state index contributed by atoms with van der Waals surface area (Å²) in [5.74, 6) is 0.633. The number of benzene rings is 1. The van der Waals surface area contributed by atoms with Crippen molar-refractivity contribution in [3.8, 4) is 0 Å². The van der Waals surface area contributed by atoms with E-state index in [0.717, 1.165) is 39.0 Å². The van der Waals surface area contributed by atoms with Crippen molar-refractivity contribution < 1.29 is 14.3 Å². The summed E-state index contributed by atoms with van der Waals surface area (Å²) < 4.78 is 11.1. The van der Waals surface area contributed by atoms with Crippen LogP contribution in [0.1, 0.15) is 18.4 Å². The fourth-order valence-electron chi connectivity index (χ4n) is 2.61. The van der Waals surface area contributed by atoms with E-state index < -0.39 is 0 Å². The van der Waals surface area contributed by atoms with Gasteiger partial charge in [0.1, 0.15) is 6.54 Å². The van der Waals surface area contributed by atoms with E-state index >= 15 is 0 Å². The van der Waals surface area contributed by atoms with Gasteiger partial charge in [-0.25, -0.2) is 4.99 Å². The fraction of sp³-hybridized carbons (Fsp3) is 0.600. The van der Waals surface area contributed by atoms with Crippen molar-refractivity contribution in [2.75, 3.05) is 53.6 Å². The molecule has 1 unspecified atom stereocenters. The Kier molecular flexibility index (Phi) is 12.8. The number of amides is 1. The van der Waals surface area contributed by atoms with Crippen molar-refractivity contribution in [1.29, 1.82) is 0 Å². The molecule has 1 heterocycles. The zero-order chi connectivity index (χ0) is 19.3. The number of hydrogen-bond donors (Lipinski definition) is 2. The van der Waals surface area contributed by atoms with Gasteiger partial charge in [0, 0.05) is 40.4 Å². The molecule has 0 aromatic heterocycles. The van der Waals surface area contributed by atoms with Crippen LogP contribution >= 0.6 is 24.0 Å². The van der Waals surface area contributed by atoms with Gasteiger partial charge in [-0.2, -0.15) is 0 Å². The van der Waals surface area contributed by atoms with E-state index in [9.17, 15) is 4.79 Å². The largest absolute Gasteiger partial charge is 0.379 e. The van der Waals surface area contributed by atoms with Gasteiger partial charge >= 0.3 is 0 Å². The molecule has 0 spiro atoms. The van der Waals surface area contributed by atoms with Gasteiger partial charge in [-0.3, -0.25) is 4.79 Å². The molecule has 0 saturated carbocycles. The van der Waals surface area contributed by atoms with Crippen molar-refractivity contribution in [1.82, 2.24) is 15.5 Å². The van der Waals surface area contributed by atoms with Crippen LogP contribution in [0.3, 0.4) is 0 Å². The molecule has 2 N–H and O–H groups in total. The summed E-state index contributed by atoms with van der Waals surface area (Å²) in [7, 11) is 3.47. The van der Waals surface area contributed by atoms with Crippen LogP contribution in [-0.2, 0) is 20.7 Å². The molecular formula is C20H33IN4O3. The minimum absolute atomic E-state index is 0. The number of carbonyl (C=O) groups is 1. The van der Waals surface area contributed by atoms with Gasteiger partial charge < -0.3 is 25.0 Å². The number of nitrogens with one attached hydrogen (secondary N) is 2. The topological polar surface area (TPSA) is 75.2 Å². The molecule has 2 rings (SSSR count). The predicted octanol–water partition coefficient (Wildman–Crippen LogP) is 1.67. The first-order chi connectivity index (χ1) is 13.1. The van der Waals surface area contributed by atoms with Gasteiger partial charge in [-0.15, -0.1) is 24.0 Å². The summed E-state index contributed by atoms with van der Waals surface area (Å²) in [5, 5.41) is 6.58. The number of guanidine groups is 1. The lowest BCUT2D eigenvalue weighted by atomic mass is 10.1. The van der Waals surface area contributed by atoms with E-state index in [1.54, 1.807) is 19.0 Å². The third-order valence-electron chi connectivity index (χ3n) is 4.28. The summed E-state index contributed by atoms with van der Waals surface area (Å²) in [5.41, 5.74) is 1.26. The van der Waals surface area contributed by atoms with E-state index in [2.05, 4.69) is 27.8 Å². The van der Waals surface area contributed by atoms with Gasteiger partial charge in [0.05, 0.1) is 12.7 Å². The van der Waals surface area contributed by atoms with Crippen molar-refractivity contribution in [3.63, 3.8) is 0 Å². The highest BCUT2D eigenvalue weighted by molar-refractivity contribution is 14.0. The first-order valence-electron chi connectivity index (χ1n) is 9.61. The van der Waals surface area contributed by atoms with E-state index in [0.29, 0.717) is 19.2 Å². The van der Waals surface area contributed by atoms with Crippen LogP contribution in [0.25, 0.3) is 0 Å². The molecule has 1 aliphatic heterocycles. The molecule has 1 atom stereocenters. The normalized spacial score (nSPS) is 16.4. The maximum absolute atomic E-state index is 11.8. The Morgan fingerprint density at radius 3 is 2.68 bits per heavy atom. The summed E-state index contributed by atoms with van der Waals surface area (Å²) in [6.45, 7) is 3.81. The smallest absolute Gasteiger partial charge is 0.243 e. The minimum Gasteiger partial charge on any atom is -0.379 e. The van der Waals surface area contributed by atoms with Gasteiger partial charge in [0.2, 0.25) is 5.91 Å². The van der Waals surface area contributed by atoms with Crippen LogP contribution in [0.15, 0.2) is 35.3 Å². The van der Waals surface area contributed by atoms with Gasteiger partial charge in [0.25, 0.3) is 0 Å². The number of carbonyl (C=O) groups excluding carboxylic acids is 1. The average molecular weight is 504 g/mol. The SMILES string of the molecule is CN(C)C(=O)CN=C(NCCCOC1CCOC1)NCCc1ccccc1.I. The van der Waals surface area contributed by atoms with Crippen molar-refractivity contribution in [3.05, 3.63) is 35.9 Å². The summed E-state index contributed by atoms with van der Waals surface area (Å²) >= 11 is 0. The second-order valence-corrected chi connectivity index (χ2v) is 6.75. The standard InChI is InChI=1S/C20H32N4O3.HI/c1-24(2)19(25)15-23-20(22-12-9-17-7-4-3-5-8-17)21-11-6-13-27-18-10-14-26-16-18;/h3-5,7-8,18H,6,9-16H2,1-2H3,(H2,21,22,23);1H. The highest BCUT2D eigenvalue weighted by Crippen LogP contribution is 2.07. The highest BCUT2D eigenvalue weighted by atomic mass is 127. The molecule has 8 heteroatoms. The second-order valence-electron chi connectivity index (χ2n) is 6.75. The number of aliphatic imine (C=N–C) groups is 1. The molecule has 0 aliphatic carbocycles. The van der Waals surface area contributed by atoms with E-state index in [1.165, 1.54) is 5.56 Å². The first-order valence-corrected chi connectivity index (χ1v) is 9.61. The van der Waals surface area contributed by atoms with Crippen LogP contribution in [-0.4, -0.2) is 76.4 Å². The second kappa shape index (κ2) is 14.6. The molecule has 0 bridgehead atoms. The zero-order valence-electron chi connectivity index (χ0n) is 16.9. The molecular weight excluding hydrogens is 471 g/mol. The number of hydrogen-bond acceptors (Lipinski definition) is 4. The van der Waals surface area contributed by atoms with Crippen molar-refractivity contribution in [2.24, 2.45) is 4.99 Å². The van der Waals surface area contributed by atoms with E-state index in [4.69, 9.17) is 9.47 Å². The van der Waals surface area contributed by atoms with Crippen LogP contribution in [0.2, 0.25) is 0 Å². The Bertz CT molecular complexity index is 578. The number of rotatable bonds is 10. The number of halogens is 1. The Balaban J connectivity index is 0.00000392. The zero-order valence-corrected chi connectivity index (χ0v) is 19.2. The number of nitrogens with zero attached hydrogens (tertiary/aromatic N) is 2. The van der Waals surface area contributed by atoms with Crippen molar-refractivity contribution in [2.45, 2.75) is 25.4 Å². The van der Waals surface area contributed by atoms with Crippen LogP contribution in [0, 0.1) is 0 Å². The fourth-order valence-corrected chi connectivity index (χ4v) is 2.61. The predicted molar refractivity (Wildman–Crippen MR) is 122 cm³/mol. The quantitative estimate of drug-likeness (QED) is 0.220. The number of likely N-dealkylation sites (N-methyl/N-ethyl adjacent to an activating group) is 1. The Morgan fingerprint density at radius 1 is 1.25 bits per heavy atom. The lowest BCUT2D eigenvalue weighted by Gasteiger charge is -2.14. The van der Waals surface area contributed by atoms with E-state index in [-0.39, 0.29) is 42.5 Å². The minimum atomic E-state index is -0.0243. The molecule has 1 aromatic rings. The first kappa shape index (κ1) is 24.6. The highest BCUT2D eigenvalue weighted by Gasteiger charge is 2.15. The van der Waals surface area contributed by atoms with Gasteiger partial charge in [0.15, 0.2) is 5.96 Å². The Hall–Kier alpha value is -1.39. The third kappa shape index (κ3) is 10.2. The van der Waals surface area contributed by atoms with Crippen molar-refractivity contribution >= 4 is 35.8 Å². The van der Waals surface area contributed by atoms with Crippen LogP contribution < -0.4 is 10.6 Å². The molecule has 7 nitrogen and oxygen atoms in total. The maximum atomic E-state index is 11.8. The maximum Gasteiger partial charge on any atom is 0.243 e. The van der Waals surface area contributed by atoms with Gasteiger partial charge in [-0.1, -0.05) is 30.3 Å². The summed E-state index contributed by atoms with van der Waals surface area (Å²) in [4.78, 5) is 17.7. The monoisotopic (exact) mass is 504 g/mol. The molecule has 1 aromatic carbocycles. The molecule has 0 radical (unpaired) electrons. The number of ether oxygens (including phenoxy) is 2. The molecule has 1 saturated heterocycles. The summed E-state index contributed by atoms with van der Waals surface area (Å²) in [6, 6.07) is 10.3. The van der Waals surface area contributed by atoms with E-state index in [1.807, 2.05) is 18.2 Å². The lowest BCUT2D eigenvalue weighted by Crippen LogP contribution is -2.40.